The van der Waals surface area contributed by atoms with Crippen molar-refractivity contribution in [2.45, 2.75) is 26.2 Å². The maximum Gasteiger partial charge on any atom is 0.254 e. The molecule has 0 atom stereocenters. The maximum atomic E-state index is 12.1. The van der Waals surface area contributed by atoms with E-state index < -0.39 is 0 Å². The number of anilines is 1. The van der Waals surface area contributed by atoms with Crippen LogP contribution in [0.25, 0.3) is 0 Å². The summed E-state index contributed by atoms with van der Waals surface area (Å²) in [5.41, 5.74) is 3.21. The summed E-state index contributed by atoms with van der Waals surface area (Å²) in [5.74, 6) is 0.643. The van der Waals surface area contributed by atoms with E-state index in [1.165, 1.54) is 11.3 Å². The standard InChI is InChI=1S/C18H22N4O/c1-2-17-20-12-15(13-21-17)18(23)19-9-11-22-10-5-7-14-6-3-4-8-16(14)22/h3-4,6,8,12-13H,2,5,7,9-11H2,1H3,(H,19,23). The molecule has 0 bridgehead atoms. The van der Waals surface area contributed by atoms with E-state index in [4.69, 9.17) is 0 Å². The van der Waals surface area contributed by atoms with E-state index >= 15 is 0 Å². The minimum Gasteiger partial charge on any atom is -0.370 e. The molecule has 0 unspecified atom stereocenters. The lowest BCUT2D eigenvalue weighted by molar-refractivity contribution is 0.0954. The number of nitrogens with zero attached hydrogens (tertiary/aromatic N) is 3. The molecule has 5 heteroatoms. The smallest absolute Gasteiger partial charge is 0.254 e. The Morgan fingerprint density at radius 3 is 2.83 bits per heavy atom. The van der Waals surface area contributed by atoms with Gasteiger partial charge in [-0.2, -0.15) is 0 Å². The minimum atomic E-state index is -0.113. The van der Waals surface area contributed by atoms with Gasteiger partial charge in [-0.25, -0.2) is 9.97 Å². The lowest BCUT2D eigenvalue weighted by Crippen LogP contribution is -2.37. The second-order valence-corrected chi connectivity index (χ2v) is 5.72. The Balaban J connectivity index is 1.54. The van der Waals surface area contributed by atoms with Gasteiger partial charge in [-0.1, -0.05) is 25.1 Å². The highest BCUT2D eigenvalue weighted by molar-refractivity contribution is 5.93. The summed E-state index contributed by atoms with van der Waals surface area (Å²) >= 11 is 0. The van der Waals surface area contributed by atoms with E-state index in [9.17, 15) is 4.79 Å². The average Bonchev–Trinajstić information content (AvgIpc) is 2.62. The zero-order valence-electron chi connectivity index (χ0n) is 13.5. The van der Waals surface area contributed by atoms with E-state index in [1.807, 2.05) is 6.92 Å². The molecular weight excluding hydrogens is 288 g/mol. The van der Waals surface area contributed by atoms with Crippen LogP contribution < -0.4 is 10.2 Å². The second-order valence-electron chi connectivity index (χ2n) is 5.72. The van der Waals surface area contributed by atoms with Crippen molar-refractivity contribution < 1.29 is 4.79 Å². The molecule has 1 amide bonds. The number of fused-ring (bicyclic) bond motifs is 1. The molecule has 0 spiro atoms. The molecule has 2 aromatic rings. The van der Waals surface area contributed by atoms with Crippen LogP contribution in [0.15, 0.2) is 36.7 Å². The highest BCUT2D eigenvalue weighted by Gasteiger charge is 2.16. The highest BCUT2D eigenvalue weighted by atomic mass is 16.1. The van der Waals surface area contributed by atoms with Gasteiger partial charge >= 0.3 is 0 Å². The molecular formula is C18H22N4O. The number of benzene rings is 1. The average molecular weight is 310 g/mol. The number of carbonyl (C=O) groups is 1. The third kappa shape index (κ3) is 3.67. The van der Waals surface area contributed by atoms with Crippen molar-refractivity contribution in [1.82, 2.24) is 15.3 Å². The van der Waals surface area contributed by atoms with Crippen molar-refractivity contribution in [1.29, 1.82) is 0 Å². The summed E-state index contributed by atoms with van der Waals surface area (Å²) in [5, 5.41) is 2.95. The zero-order chi connectivity index (χ0) is 16.1. The van der Waals surface area contributed by atoms with Crippen molar-refractivity contribution >= 4 is 11.6 Å². The largest absolute Gasteiger partial charge is 0.370 e. The molecule has 23 heavy (non-hydrogen) atoms. The predicted molar refractivity (Wildman–Crippen MR) is 90.7 cm³/mol. The Morgan fingerprint density at radius 1 is 1.26 bits per heavy atom. The van der Waals surface area contributed by atoms with Crippen LogP contribution in [0.4, 0.5) is 5.69 Å². The fourth-order valence-corrected chi connectivity index (χ4v) is 2.90. The molecule has 120 valence electrons. The van der Waals surface area contributed by atoms with Crippen molar-refractivity contribution in [3.8, 4) is 0 Å². The monoisotopic (exact) mass is 310 g/mol. The van der Waals surface area contributed by atoms with Crippen LogP contribution in [0, 0.1) is 0 Å². The number of nitrogens with one attached hydrogen (secondary N) is 1. The fourth-order valence-electron chi connectivity index (χ4n) is 2.90. The van der Waals surface area contributed by atoms with Gasteiger partial charge in [-0.3, -0.25) is 4.79 Å². The van der Waals surface area contributed by atoms with Crippen molar-refractivity contribution in [3.63, 3.8) is 0 Å². The molecule has 0 radical (unpaired) electrons. The highest BCUT2D eigenvalue weighted by Crippen LogP contribution is 2.25. The first kappa shape index (κ1) is 15.5. The van der Waals surface area contributed by atoms with E-state index in [0.29, 0.717) is 12.1 Å². The second kappa shape index (κ2) is 7.22. The van der Waals surface area contributed by atoms with Gasteiger partial charge in [-0.15, -0.1) is 0 Å². The molecule has 2 heterocycles. The van der Waals surface area contributed by atoms with Gasteiger partial charge in [0.2, 0.25) is 0 Å². The van der Waals surface area contributed by atoms with Crippen LogP contribution in [-0.2, 0) is 12.8 Å². The van der Waals surface area contributed by atoms with E-state index in [0.717, 1.165) is 38.2 Å². The molecule has 0 fully saturated rings. The summed E-state index contributed by atoms with van der Waals surface area (Å²) < 4.78 is 0. The van der Waals surface area contributed by atoms with Gasteiger partial charge in [0.15, 0.2) is 0 Å². The van der Waals surface area contributed by atoms with Gasteiger partial charge in [0.25, 0.3) is 5.91 Å². The Morgan fingerprint density at radius 2 is 2.04 bits per heavy atom. The number of carbonyl (C=O) groups excluding carboxylic acids is 1. The quantitative estimate of drug-likeness (QED) is 0.920. The maximum absolute atomic E-state index is 12.1. The van der Waals surface area contributed by atoms with E-state index in [2.05, 4.69) is 44.5 Å². The predicted octanol–water partition coefficient (Wildman–Crippen LogP) is 2.22. The number of hydrogen-bond acceptors (Lipinski definition) is 4. The van der Waals surface area contributed by atoms with Crippen LogP contribution in [0.5, 0.6) is 0 Å². The Bertz CT molecular complexity index is 669. The Hall–Kier alpha value is -2.43. The molecule has 1 N–H and O–H groups in total. The molecule has 0 saturated heterocycles. The van der Waals surface area contributed by atoms with Crippen LogP contribution in [-0.4, -0.2) is 35.5 Å². The molecule has 1 aromatic heterocycles. The van der Waals surface area contributed by atoms with Crippen molar-refractivity contribution in [2.75, 3.05) is 24.5 Å². The first-order valence-electron chi connectivity index (χ1n) is 8.20. The third-order valence-corrected chi connectivity index (χ3v) is 4.16. The van der Waals surface area contributed by atoms with Gasteiger partial charge in [0.1, 0.15) is 5.82 Å². The summed E-state index contributed by atoms with van der Waals surface area (Å²) in [6.07, 6.45) is 6.27. The van der Waals surface area contributed by atoms with Crippen LogP contribution in [0.3, 0.4) is 0 Å². The number of aromatic nitrogens is 2. The summed E-state index contributed by atoms with van der Waals surface area (Å²) in [7, 11) is 0. The first-order chi connectivity index (χ1) is 11.3. The van der Waals surface area contributed by atoms with Gasteiger partial charge < -0.3 is 10.2 Å². The number of rotatable bonds is 5. The van der Waals surface area contributed by atoms with Crippen LogP contribution in [0.1, 0.15) is 35.1 Å². The third-order valence-electron chi connectivity index (χ3n) is 4.16. The summed E-state index contributed by atoms with van der Waals surface area (Å²) in [4.78, 5) is 22.8. The minimum absolute atomic E-state index is 0.113. The number of aryl methyl sites for hydroxylation is 2. The SMILES string of the molecule is CCc1ncc(C(=O)NCCN2CCCc3ccccc32)cn1. The van der Waals surface area contributed by atoms with Crippen molar-refractivity contribution in [2.24, 2.45) is 0 Å². The normalized spacial score (nSPS) is 13.5. The number of para-hydroxylation sites is 1. The first-order valence-corrected chi connectivity index (χ1v) is 8.20. The van der Waals surface area contributed by atoms with Gasteiger partial charge in [0, 0.05) is 44.1 Å². The topological polar surface area (TPSA) is 58.1 Å². The molecule has 5 nitrogen and oxygen atoms in total. The molecule has 1 aliphatic rings. The molecule has 0 aliphatic carbocycles. The Labute approximate surface area is 136 Å². The number of amides is 1. The fraction of sp³-hybridized carbons (Fsp3) is 0.389. The van der Waals surface area contributed by atoms with Crippen molar-refractivity contribution in [3.05, 3.63) is 53.6 Å². The summed E-state index contributed by atoms with van der Waals surface area (Å²) in [6.45, 7) is 4.46. The van der Waals surface area contributed by atoms with Gasteiger partial charge in [0.05, 0.1) is 5.56 Å². The lowest BCUT2D eigenvalue weighted by Gasteiger charge is -2.31. The molecule has 0 saturated carbocycles. The van der Waals surface area contributed by atoms with E-state index in [1.54, 1.807) is 12.4 Å². The van der Waals surface area contributed by atoms with E-state index in [-0.39, 0.29) is 5.91 Å². The number of hydrogen-bond donors (Lipinski definition) is 1. The Kier molecular flexibility index (Phi) is 4.86. The molecule has 1 aliphatic heterocycles. The van der Waals surface area contributed by atoms with Gasteiger partial charge in [-0.05, 0) is 24.5 Å². The molecule has 3 rings (SSSR count). The zero-order valence-corrected chi connectivity index (χ0v) is 13.5. The van der Waals surface area contributed by atoms with Crippen LogP contribution >= 0.6 is 0 Å². The summed E-state index contributed by atoms with van der Waals surface area (Å²) in [6, 6.07) is 8.51. The molecule has 1 aromatic carbocycles. The van der Waals surface area contributed by atoms with Crippen LogP contribution in [0.2, 0.25) is 0 Å². The lowest BCUT2D eigenvalue weighted by atomic mass is 10.0.